The summed E-state index contributed by atoms with van der Waals surface area (Å²) in [5, 5.41) is 8.71. The number of amides is 1. The largest absolute Gasteiger partial charge is 0.342 e. The molecule has 1 amide bonds. The van der Waals surface area contributed by atoms with E-state index in [1.165, 1.54) is 0 Å². The SMILES string of the molecule is CSCCC(=O)N1CCCC(c2nnc(CN(C)C)n2C)C1. The van der Waals surface area contributed by atoms with Crippen molar-refractivity contribution >= 4 is 17.7 Å². The Morgan fingerprint density at radius 2 is 2.18 bits per heavy atom. The summed E-state index contributed by atoms with van der Waals surface area (Å²) < 4.78 is 2.10. The van der Waals surface area contributed by atoms with E-state index in [0.29, 0.717) is 12.3 Å². The minimum absolute atomic E-state index is 0.273. The number of piperidine rings is 1. The van der Waals surface area contributed by atoms with Gasteiger partial charge in [-0.1, -0.05) is 0 Å². The van der Waals surface area contributed by atoms with Crippen LogP contribution in [0.3, 0.4) is 0 Å². The average Bonchev–Trinajstić information content (AvgIpc) is 2.85. The summed E-state index contributed by atoms with van der Waals surface area (Å²) in [6.07, 6.45) is 4.81. The van der Waals surface area contributed by atoms with Gasteiger partial charge >= 0.3 is 0 Å². The fourth-order valence-electron chi connectivity index (χ4n) is 2.91. The molecule has 0 radical (unpaired) electrons. The van der Waals surface area contributed by atoms with Crippen molar-refractivity contribution in [2.45, 2.75) is 31.7 Å². The van der Waals surface area contributed by atoms with Crippen LogP contribution in [0.2, 0.25) is 0 Å². The zero-order valence-corrected chi connectivity index (χ0v) is 14.9. The number of hydrogen-bond donors (Lipinski definition) is 0. The third-order valence-corrected chi connectivity index (χ3v) is 4.73. The molecule has 2 rings (SSSR count). The number of aromatic nitrogens is 3. The van der Waals surface area contributed by atoms with Crippen LogP contribution in [0.5, 0.6) is 0 Å². The van der Waals surface area contributed by atoms with E-state index in [1.807, 2.05) is 32.3 Å². The second kappa shape index (κ2) is 7.97. The molecule has 1 aliphatic rings. The Labute approximate surface area is 137 Å². The molecular weight excluding hydrogens is 298 g/mol. The highest BCUT2D eigenvalue weighted by Crippen LogP contribution is 2.26. The van der Waals surface area contributed by atoms with Gasteiger partial charge in [0.25, 0.3) is 0 Å². The number of carbonyl (C=O) groups is 1. The molecular formula is C15H27N5OS. The number of thioether (sulfide) groups is 1. The first-order valence-corrected chi connectivity index (χ1v) is 9.22. The second-order valence-corrected chi connectivity index (χ2v) is 7.18. The van der Waals surface area contributed by atoms with Crippen LogP contribution in [0.25, 0.3) is 0 Å². The highest BCUT2D eigenvalue weighted by atomic mass is 32.2. The minimum atomic E-state index is 0.273. The number of nitrogens with zero attached hydrogens (tertiary/aromatic N) is 5. The Bertz CT molecular complexity index is 502. The van der Waals surface area contributed by atoms with Gasteiger partial charge < -0.3 is 14.4 Å². The van der Waals surface area contributed by atoms with Crippen molar-refractivity contribution in [1.82, 2.24) is 24.6 Å². The molecule has 0 saturated carbocycles. The lowest BCUT2D eigenvalue weighted by Crippen LogP contribution is -2.39. The van der Waals surface area contributed by atoms with Crippen LogP contribution < -0.4 is 0 Å². The molecule has 1 fully saturated rings. The smallest absolute Gasteiger partial charge is 0.223 e. The molecule has 124 valence electrons. The van der Waals surface area contributed by atoms with Crippen LogP contribution in [-0.2, 0) is 18.4 Å². The summed E-state index contributed by atoms with van der Waals surface area (Å²) >= 11 is 1.72. The first-order valence-electron chi connectivity index (χ1n) is 7.82. The van der Waals surface area contributed by atoms with Crippen molar-refractivity contribution in [2.24, 2.45) is 7.05 Å². The lowest BCUT2D eigenvalue weighted by Gasteiger charge is -2.32. The van der Waals surface area contributed by atoms with Gasteiger partial charge in [-0.3, -0.25) is 4.79 Å². The maximum Gasteiger partial charge on any atom is 0.223 e. The topological polar surface area (TPSA) is 54.3 Å². The van der Waals surface area contributed by atoms with Crippen LogP contribution >= 0.6 is 11.8 Å². The summed E-state index contributed by atoms with van der Waals surface area (Å²) in [6, 6.07) is 0. The molecule has 1 unspecified atom stereocenters. The highest BCUT2D eigenvalue weighted by Gasteiger charge is 2.28. The lowest BCUT2D eigenvalue weighted by atomic mass is 9.97. The van der Waals surface area contributed by atoms with Gasteiger partial charge in [-0.15, -0.1) is 10.2 Å². The van der Waals surface area contributed by atoms with E-state index < -0.39 is 0 Å². The van der Waals surface area contributed by atoms with Crippen molar-refractivity contribution in [1.29, 1.82) is 0 Å². The second-order valence-electron chi connectivity index (χ2n) is 6.19. The van der Waals surface area contributed by atoms with Crippen LogP contribution in [0.1, 0.15) is 36.8 Å². The molecule has 2 heterocycles. The van der Waals surface area contributed by atoms with E-state index in [9.17, 15) is 4.79 Å². The third kappa shape index (κ3) is 4.23. The molecule has 1 atom stereocenters. The minimum Gasteiger partial charge on any atom is -0.342 e. The molecule has 1 aliphatic heterocycles. The maximum absolute atomic E-state index is 12.2. The Hall–Kier alpha value is -1.08. The molecule has 22 heavy (non-hydrogen) atoms. The molecule has 7 heteroatoms. The van der Waals surface area contributed by atoms with E-state index in [1.54, 1.807) is 11.8 Å². The fourth-order valence-corrected chi connectivity index (χ4v) is 3.29. The van der Waals surface area contributed by atoms with E-state index in [2.05, 4.69) is 19.7 Å². The quantitative estimate of drug-likeness (QED) is 0.790. The predicted molar refractivity (Wildman–Crippen MR) is 89.9 cm³/mol. The van der Waals surface area contributed by atoms with Crippen LogP contribution in [-0.4, -0.2) is 69.7 Å². The van der Waals surface area contributed by atoms with E-state index in [4.69, 9.17) is 0 Å². The van der Waals surface area contributed by atoms with Gasteiger partial charge in [0.05, 0.1) is 6.54 Å². The van der Waals surface area contributed by atoms with Gasteiger partial charge in [-0.2, -0.15) is 11.8 Å². The van der Waals surface area contributed by atoms with Gasteiger partial charge in [0, 0.05) is 38.2 Å². The summed E-state index contributed by atoms with van der Waals surface area (Å²) in [5.41, 5.74) is 0. The monoisotopic (exact) mass is 325 g/mol. The zero-order valence-electron chi connectivity index (χ0n) is 14.1. The summed E-state index contributed by atoms with van der Waals surface area (Å²) in [7, 11) is 6.09. The third-order valence-electron chi connectivity index (χ3n) is 4.12. The first kappa shape index (κ1) is 17.3. The molecule has 1 aromatic heterocycles. The fraction of sp³-hybridized carbons (Fsp3) is 0.800. The summed E-state index contributed by atoms with van der Waals surface area (Å²) in [4.78, 5) is 16.3. The van der Waals surface area contributed by atoms with Gasteiger partial charge in [-0.05, 0) is 33.2 Å². The Morgan fingerprint density at radius 1 is 1.41 bits per heavy atom. The van der Waals surface area contributed by atoms with Crippen molar-refractivity contribution in [2.75, 3.05) is 39.2 Å². The molecule has 0 bridgehead atoms. The van der Waals surface area contributed by atoms with Crippen LogP contribution in [0.4, 0.5) is 0 Å². The molecule has 0 spiro atoms. The zero-order chi connectivity index (χ0) is 16.1. The van der Waals surface area contributed by atoms with E-state index >= 15 is 0 Å². The number of rotatable bonds is 6. The molecule has 1 saturated heterocycles. The van der Waals surface area contributed by atoms with E-state index in [0.717, 1.165) is 49.9 Å². The summed E-state index contributed by atoms with van der Waals surface area (Å²) in [5.74, 6) is 3.47. The number of carbonyl (C=O) groups excluding carboxylic acids is 1. The molecule has 0 aliphatic carbocycles. The normalized spacial score (nSPS) is 19.0. The molecule has 6 nitrogen and oxygen atoms in total. The highest BCUT2D eigenvalue weighted by molar-refractivity contribution is 7.98. The Morgan fingerprint density at radius 3 is 2.86 bits per heavy atom. The van der Waals surface area contributed by atoms with Gasteiger partial charge in [0.1, 0.15) is 11.6 Å². The van der Waals surface area contributed by atoms with E-state index in [-0.39, 0.29) is 5.91 Å². The van der Waals surface area contributed by atoms with Gasteiger partial charge in [-0.25, -0.2) is 0 Å². The number of hydrogen-bond acceptors (Lipinski definition) is 5. The van der Waals surface area contributed by atoms with Gasteiger partial charge in [0.2, 0.25) is 5.91 Å². The molecule has 0 aromatic carbocycles. The van der Waals surface area contributed by atoms with Crippen molar-refractivity contribution in [3.63, 3.8) is 0 Å². The van der Waals surface area contributed by atoms with Crippen LogP contribution in [0, 0.1) is 0 Å². The Kier molecular flexibility index (Phi) is 6.26. The lowest BCUT2D eigenvalue weighted by molar-refractivity contribution is -0.132. The predicted octanol–water partition coefficient (Wildman–Crippen LogP) is 1.34. The first-order chi connectivity index (χ1) is 10.5. The van der Waals surface area contributed by atoms with Crippen LogP contribution in [0.15, 0.2) is 0 Å². The van der Waals surface area contributed by atoms with Gasteiger partial charge in [0.15, 0.2) is 0 Å². The number of likely N-dealkylation sites (tertiary alicyclic amines) is 1. The Balaban J connectivity index is 2.03. The van der Waals surface area contributed by atoms with Crippen molar-refractivity contribution in [3.8, 4) is 0 Å². The van der Waals surface area contributed by atoms with Crippen molar-refractivity contribution < 1.29 is 4.79 Å². The maximum atomic E-state index is 12.2. The standard InChI is InChI=1S/C15H27N5OS/c1-18(2)11-13-16-17-15(19(13)3)12-6-5-8-20(10-12)14(21)7-9-22-4/h12H,5-11H2,1-4H3. The molecule has 1 aromatic rings. The average molecular weight is 325 g/mol. The molecule has 0 N–H and O–H groups in total. The summed E-state index contributed by atoms with van der Waals surface area (Å²) in [6.45, 7) is 2.44. The van der Waals surface area contributed by atoms with Crippen molar-refractivity contribution in [3.05, 3.63) is 11.6 Å².